The highest BCUT2D eigenvalue weighted by molar-refractivity contribution is 7.80. The highest BCUT2D eigenvalue weighted by Crippen LogP contribution is 2.16. The van der Waals surface area contributed by atoms with Crippen molar-refractivity contribution in [3.63, 3.8) is 0 Å². The van der Waals surface area contributed by atoms with Crippen LogP contribution in [0.2, 0.25) is 0 Å². The molecule has 0 saturated heterocycles. The fourth-order valence-electron chi connectivity index (χ4n) is 2.23. The zero-order chi connectivity index (χ0) is 18.9. The van der Waals surface area contributed by atoms with Gasteiger partial charge in [-0.25, -0.2) is 0 Å². The normalized spacial score (nSPS) is 9.92. The van der Waals surface area contributed by atoms with Gasteiger partial charge in [-0.05, 0) is 55.0 Å². The van der Waals surface area contributed by atoms with Crippen molar-refractivity contribution >= 4 is 40.5 Å². The topological polar surface area (TPSA) is 79.5 Å². The van der Waals surface area contributed by atoms with Gasteiger partial charge in [-0.3, -0.25) is 14.9 Å². The van der Waals surface area contributed by atoms with Crippen LogP contribution in [0.5, 0.6) is 5.75 Å². The van der Waals surface area contributed by atoms with Crippen molar-refractivity contribution in [3.8, 4) is 5.75 Å². The van der Waals surface area contributed by atoms with Crippen molar-refractivity contribution in [1.29, 1.82) is 0 Å². The Morgan fingerprint density at radius 1 is 1.04 bits per heavy atom. The van der Waals surface area contributed by atoms with Crippen molar-refractivity contribution in [2.24, 2.45) is 0 Å². The van der Waals surface area contributed by atoms with Crippen molar-refractivity contribution < 1.29 is 14.3 Å². The Morgan fingerprint density at radius 3 is 2.42 bits per heavy atom. The van der Waals surface area contributed by atoms with Gasteiger partial charge in [0, 0.05) is 23.4 Å². The van der Waals surface area contributed by atoms with E-state index in [-0.39, 0.29) is 16.9 Å². The number of carbonyl (C=O) groups is 2. The zero-order valence-corrected chi connectivity index (χ0v) is 15.5. The van der Waals surface area contributed by atoms with Crippen LogP contribution in [-0.4, -0.2) is 24.0 Å². The Labute approximate surface area is 157 Å². The Bertz CT molecular complexity index is 808. The summed E-state index contributed by atoms with van der Waals surface area (Å²) in [5.41, 5.74) is 1.76. The van der Waals surface area contributed by atoms with Gasteiger partial charge in [0.05, 0.1) is 7.11 Å². The van der Waals surface area contributed by atoms with Crippen LogP contribution in [0, 0.1) is 0 Å². The number of nitrogens with one attached hydrogen (secondary N) is 3. The molecule has 0 heterocycles. The largest absolute Gasteiger partial charge is 0.497 e. The summed E-state index contributed by atoms with van der Waals surface area (Å²) in [6, 6.07) is 13.9. The van der Waals surface area contributed by atoms with E-state index in [2.05, 4.69) is 16.0 Å². The summed E-state index contributed by atoms with van der Waals surface area (Å²) in [5.74, 6) is 0.208. The second-order valence-electron chi connectivity index (χ2n) is 5.52. The maximum Gasteiger partial charge on any atom is 0.257 e. The first kappa shape index (κ1) is 19.4. The summed E-state index contributed by atoms with van der Waals surface area (Å²) in [6.07, 6.45) is 1.25. The monoisotopic (exact) mass is 371 g/mol. The van der Waals surface area contributed by atoms with Crippen LogP contribution in [0.1, 0.15) is 30.1 Å². The lowest BCUT2D eigenvalue weighted by atomic mass is 10.2. The maximum atomic E-state index is 12.2. The molecule has 0 aromatic heterocycles. The van der Waals surface area contributed by atoms with Gasteiger partial charge in [0.2, 0.25) is 5.91 Å². The molecule has 26 heavy (non-hydrogen) atoms. The van der Waals surface area contributed by atoms with E-state index in [1.165, 1.54) is 7.11 Å². The van der Waals surface area contributed by atoms with E-state index in [9.17, 15) is 9.59 Å². The average Bonchev–Trinajstić information content (AvgIpc) is 2.62. The summed E-state index contributed by atoms with van der Waals surface area (Å²) in [6.45, 7) is 1.95. The van der Waals surface area contributed by atoms with Gasteiger partial charge in [0.25, 0.3) is 5.91 Å². The molecule has 0 aliphatic heterocycles. The van der Waals surface area contributed by atoms with E-state index in [4.69, 9.17) is 17.0 Å². The van der Waals surface area contributed by atoms with Crippen LogP contribution in [0.3, 0.4) is 0 Å². The number of ether oxygens (including phenoxy) is 1. The highest BCUT2D eigenvalue weighted by atomic mass is 32.1. The lowest BCUT2D eigenvalue weighted by Gasteiger charge is -2.11. The third-order valence-corrected chi connectivity index (χ3v) is 3.64. The second kappa shape index (κ2) is 9.53. The number of rotatable bonds is 6. The molecule has 0 aliphatic carbocycles. The van der Waals surface area contributed by atoms with E-state index in [0.717, 1.165) is 6.42 Å². The van der Waals surface area contributed by atoms with Crippen molar-refractivity contribution in [3.05, 3.63) is 54.1 Å². The van der Waals surface area contributed by atoms with E-state index in [0.29, 0.717) is 29.1 Å². The van der Waals surface area contributed by atoms with Gasteiger partial charge in [0.15, 0.2) is 5.11 Å². The number of hydrogen-bond acceptors (Lipinski definition) is 4. The lowest BCUT2D eigenvalue weighted by molar-refractivity contribution is -0.116. The predicted molar refractivity (Wildman–Crippen MR) is 107 cm³/mol. The molecule has 0 bridgehead atoms. The molecule has 0 unspecified atom stereocenters. The molecule has 2 rings (SSSR count). The van der Waals surface area contributed by atoms with Crippen molar-refractivity contribution in [1.82, 2.24) is 5.32 Å². The summed E-state index contributed by atoms with van der Waals surface area (Å²) in [4.78, 5) is 23.9. The maximum absolute atomic E-state index is 12.2. The van der Waals surface area contributed by atoms with Gasteiger partial charge >= 0.3 is 0 Å². The first-order chi connectivity index (χ1) is 12.5. The Kier molecular flexibility index (Phi) is 7.11. The average molecular weight is 371 g/mol. The first-order valence-corrected chi connectivity index (χ1v) is 8.59. The number of thiocarbonyl (C=S) groups is 1. The standard InChI is InChI=1S/C19H21N3O3S/c1-3-6-17(23)20-14-8-5-9-15(12-14)21-19(26)22-18(24)13-7-4-10-16(11-13)25-2/h4-5,7-12H,3,6H2,1-2H3,(H,20,23)(H2,21,22,24,26). The fourth-order valence-corrected chi connectivity index (χ4v) is 2.44. The lowest BCUT2D eigenvalue weighted by Crippen LogP contribution is -2.34. The smallest absolute Gasteiger partial charge is 0.257 e. The Morgan fingerprint density at radius 2 is 1.73 bits per heavy atom. The fraction of sp³-hybridized carbons (Fsp3) is 0.211. The predicted octanol–water partition coefficient (Wildman–Crippen LogP) is 3.56. The molecule has 0 atom stereocenters. The van der Waals surface area contributed by atoms with Gasteiger partial charge in [0.1, 0.15) is 5.75 Å². The number of anilines is 2. The SMILES string of the molecule is CCCC(=O)Nc1cccc(NC(=S)NC(=O)c2cccc(OC)c2)c1. The van der Waals surface area contributed by atoms with E-state index >= 15 is 0 Å². The van der Waals surface area contributed by atoms with Gasteiger partial charge < -0.3 is 15.4 Å². The molecule has 0 radical (unpaired) electrons. The third-order valence-electron chi connectivity index (χ3n) is 3.44. The molecule has 0 aliphatic rings. The number of methoxy groups -OCH3 is 1. The molecule has 6 nitrogen and oxygen atoms in total. The molecular weight excluding hydrogens is 350 g/mol. The quantitative estimate of drug-likeness (QED) is 0.677. The highest BCUT2D eigenvalue weighted by Gasteiger charge is 2.09. The van der Waals surface area contributed by atoms with E-state index < -0.39 is 0 Å². The van der Waals surface area contributed by atoms with Crippen LogP contribution in [0.4, 0.5) is 11.4 Å². The molecule has 0 saturated carbocycles. The van der Waals surface area contributed by atoms with Crippen LogP contribution < -0.4 is 20.7 Å². The van der Waals surface area contributed by atoms with Crippen LogP contribution in [0.15, 0.2) is 48.5 Å². The minimum Gasteiger partial charge on any atom is -0.497 e. The molecule has 7 heteroatoms. The number of carbonyl (C=O) groups excluding carboxylic acids is 2. The minimum absolute atomic E-state index is 0.0430. The van der Waals surface area contributed by atoms with Gasteiger partial charge in [-0.15, -0.1) is 0 Å². The summed E-state index contributed by atoms with van der Waals surface area (Å²) >= 11 is 5.18. The Balaban J connectivity index is 1.96. The molecular formula is C19H21N3O3S. The molecule has 2 aromatic rings. The van der Waals surface area contributed by atoms with E-state index in [1.54, 1.807) is 48.5 Å². The summed E-state index contributed by atoms with van der Waals surface area (Å²) < 4.78 is 5.10. The second-order valence-corrected chi connectivity index (χ2v) is 5.93. The molecule has 2 amide bonds. The van der Waals surface area contributed by atoms with Crippen molar-refractivity contribution in [2.45, 2.75) is 19.8 Å². The molecule has 136 valence electrons. The van der Waals surface area contributed by atoms with Gasteiger partial charge in [-0.1, -0.05) is 19.1 Å². The minimum atomic E-state index is -0.339. The first-order valence-electron chi connectivity index (χ1n) is 8.18. The third kappa shape index (κ3) is 5.86. The number of benzene rings is 2. The summed E-state index contributed by atoms with van der Waals surface area (Å²) in [5, 5.41) is 8.52. The van der Waals surface area contributed by atoms with Gasteiger partial charge in [-0.2, -0.15) is 0 Å². The zero-order valence-electron chi connectivity index (χ0n) is 14.7. The molecule has 3 N–H and O–H groups in total. The van der Waals surface area contributed by atoms with Crippen LogP contribution >= 0.6 is 12.2 Å². The Hall–Kier alpha value is -2.93. The molecule has 0 fully saturated rings. The summed E-state index contributed by atoms with van der Waals surface area (Å²) in [7, 11) is 1.54. The van der Waals surface area contributed by atoms with Crippen LogP contribution in [0.25, 0.3) is 0 Å². The number of hydrogen-bond donors (Lipinski definition) is 3. The molecule has 0 spiro atoms. The molecule has 2 aromatic carbocycles. The van der Waals surface area contributed by atoms with E-state index in [1.807, 2.05) is 6.92 Å². The number of amides is 2. The van der Waals surface area contributed by atoms with Crippen LogP contribution in [-0.2, 0) is 4.79 Å². The van der Waals surface area contributed by atoms with Crippen molar-refractivity contribution in [2.75, 3.05) is 17.7 Å².